The number of allylic oxidation sites excluding steroid dienone is 4. The van der Waals surface area contributed by atoms with Crippen molar-refractivity contribution in [1.29, 1.82) is 0 Å². The Kier molecular flexibility index (Phi) is 8.93. The lowest BCUT2D eigenvalue weighted by atomic mass is 10.2. The zero-order valence-electron chi connectivity index (χ0n) is 19.6. The van der Waals surface area contributed by atoms with Crippen LogP contribution in [0.2, 0.25) is 0 Å². The third-order valence-corrected chi connectivity index (χ3v) is 4.70. The molecule has 0 aliphatic carbocycles. The second kappa shape index (κ2) is 12.5. The second-order valence-electron chi connectivity index (χ2n) is 7.30. The summed E-state index contributed by atoms with van der Waals surface area (Å²) < 4.78 is 18.8. The van der Waals surface area contributed by atoms with E-state index in [0.717, 1.165) is 6.42 Å². The quantitative estimate of drug-likeness (QED) is 0.287. The van der Waals surface area contributed by atoms with E-state index in [1.807, 2.05) is 13.0 Å². The molecular weight excluding hydrogens is 463 g/mol. The van der Waals surface area contributed by atoms with Crippen LogP contribution in [-0.4, -0.2) is 38.3 Å². The van der Waals surface area contributed by atoms with Gasteiger partial charge in [0.05, 0.1) is 24.2 Å². The van der Waals surface area contributed by atoms with Crippen molar-refractivity contribution in [1.82, 2.24) is 20.1 Å². The van der Waals surface area contributed by atoms with Gasteiger partial charge in [-0.2, -0.15) is 0 Å². The van der Waals surface area contributed by atoms with Crippen molar-refractivity contribution in [2.75, 3.05) is 17.6 Å². The molecule has 3 rings (SSSR count). The highest BCUT2D eigenvalue weighted by atomic mass is 19.1. The summed E-state index contributed by atoms with van der Waals surface area (Å²) in [6.07, 6.45) is 13.2. The van der Waals surface area contributed by atoms with E-state index in [-0.39, 0.29) is 29.6 Å². The van der Waals surface area contributed by atoms with Gasteiger partial charge in [-0.25, -0.2) is 14.4 Å². The number of carbonyl (C=O) groups excluding carboxylic acids is 1. The van der Waals surface area contributed by atoms with Crippen LogP contribution in [0.15, 0.2) is 94.9 Å². The summed E-state index contributed by atoms with van der Waals surface area (Å²) in [5.41, 5.74) is 13.9. The Bertz CT molecular complexity index is 1330. The maximum Gasteiger partial charge on any atom is 0.255 e. The van der Waals surface area contributed by atoms with Crippen molar-refractivity contribution in [2.24, 2.45) is 10.7 Å². The van der Waals surface area contributed by atoms with E-state index < -0.39 is 11.7 Å². The number of nitrogens with zero attached hydrogens (tertiary/aromatic N) is 5. The van der Waals surface area contributed by atoms with Gasteiger partial charge in [0.15, 0.2) is 11.6 Å². The highest BCUT2D eigenvalue weighted by Gasteiger charge is 2.13. The van der Waals surface area contributed by atoms with Crippen molar-refractivity contribution in [3.05, 3.63) is 102 Å². The summed E-state index contributed by atoms with van der Waals surface area (Å²) in [6.45, 7) is 5.32. The molecule has 184 valence electrons. The lowest BCUT2D eigenvalue weighted by Crippen LogP contribution is -2.15. The van der Waals surface area contributed by atoms with Crippen LogP contribution in [0.3, 0.4) is 0 Å². The van der Waals surface area contributed by atoms with Gasteiger partial charge in [-0.1, -0.05) is 36.9 Å². The Labute approximate surface area is 207 Å². The highest BCUT2D eigenvalue weighted by molar-refractivity contribution is 6.10. The first-order valence-corrected chi connectivity index (χ1v) is 10.9. The van der Waals surface area contributed by atoms with E-state index in [2.05, 4.69) is 37.0 Å². The van der Waals surface area contributed by atoms with Gasteiger partial charge in [-0.15, -0.1) is 0 Å². The normalized spacial score (nSPS) is 12.7. The third kappa shape index (κ3) is 7.03. The molecule has 0 aliphatic heterocycles. The van der Waals surface area contributed by atoms with Crippen LogP contribution in [0, 0.1) is 0 Å². The van der Waals surface area contributed by atoms with Gasteiger partial charge in [-0.3, -0.25) is 14.8 Å². The number of amides is 1. The first-order valence-electron chi connectivity index (χ1n) is 10.9. The minimum Gasteiger partial charge on any atom is -0.396 e. The van der Waals surface area contributed by atoms with Crippen molar-refractivity contribution in [3.8, 4) is 0 Å². The fourth-order valence-electron chi connectivity index (χ4n) is 2.80. The first kappa shape index (κ1) is 25.7. The number of pyridine rings is 1. The van der Waals surface area contributed by atoms with Gasteiger partial charge in [0.1, 0.15) is 23.5 Å². The van der Waals surface area contributed by atoms with E-state index in [0.29, 0.717) is 22.5 Å². The largest absolute Gasteiger partial charge is 0.396 e. The van der Waals surface area contributed by atoms with Gasteiger partial charge in [0.25, 0.3) is 5.91 Å². The summed E-state index contributed by atoms with van der Waals surface area (Å²) >= 11 is 0. The predicted octanol–water partition coefficient (Wildman–Crippen LogP) is 3.86. The molecular formula is C25H25FN8O2. The average molecular weight is 489 g/mol. The van der Waals surface area contributed by atoms with Gasteiger partial charge >= 0.3 is 0 Å². The molecule has 0 radical (unpaired) electrons. The van der Waals surface area contributed by atoms with Crippen LogP contribution < -0.4 is 16.8 Å². The monoisotopic (exact) mass is 488 g/mol. The Balaban J connectivity index is 1.85. The van der Waals surface area contributed by atoms with Crippen LogP contribution in [0.1, 0.15) is 35.2 Å². The van der Waals surface area contributed by atoms with Crippen molar-refractivity contribution >= 4 is 28.8 Å². The summed E-state index contributed by atoms with van der Waals surface area (Å²) in [5, 5.41) is 6.52. The van der Waals surface area contributed by atoms with Gasteiger partial charge in [0.2, 0.25) is 0 Å². The van der Waals surface area contributed by atoms with E-state index in [1.165, 1.54) is 30.9 Å². The summed E-state index contributed by atoms with van der Waals surface area (Å²) in [6, 6.07) is 4.70. The zero-order valence-corrected chi connectivity index (χ0v) is 19.6. The number of carbonyl (C=O) groups is 1. The smallest absolute Gasteiger partial charge is 0.255 e. The maximum absolute atomic E-state index is 13.9. The molecule has 0 saturated carbocycles. The molecule has 3 heterocycles. The van der Waals surface area contributed by atoms with Gasteiger partial charge in [-0.05, 0) is 24.6 Å². The average Bonchev–Trinajstić information content (AvgIpc) is 3.41. The fourth-order valence-corrected chi connectivity index (χ4v) is 2.80. The Morgan fingerprint density at radius 3 is 2.72 bits per heavy atom. The van der Waals surface area contributed by atoms with Crippen molar-refractivity contribution < 1.29 is 13.7 Å². The van der Waals surface area contributed by atoms with Gasteiger partial charge < -0.3 is 21.3 Å². The molecule has 3 aromatic heterocycles. The predicted molar refractivity (Wildman–Crippen MR) is 136 cm³/mol. The zero-order chi connectivity index (χ0) is 25.9. The number of hydrogen-bond donors (Lipinski definition) is 3. The summed E-state index contributed by atoms with van der Waals surface area (Å²) in [4.78, 5) is 29.0. The number of aromatic nitrogens is 4. The molecule has 0 spiro atoms. The van der Waals surface area contributed by atoms with E-state index in [1.54, 1.807) is 30.4 Å². The molecule has 10 nitrogen and oxygen atoms in total. The van der Waals surface area contributed by atoms with Crippen LogP contribution in [0.5, 0.6) is 0 Å². The SMILES string of the molecule is C=C(F)/C(=C\C=C/CC)CN=C(C=C(N)c1ncc(NC(=O)c2ccncc2)c(N)n1)c1ccon1. The number of anilines is 2. The minimum absolute atomic E-state index is 0.0142. The lowest BCUT2D eigenvalue weighted by molar-refractivity contribution is 0.102. The molecule has 1 amide bonds. The van der Waals surface area contributed by atoms with Crippen LogP contribution >= 0.6 is 0 Å². The Morgan fingerprint density at radius 1 is 1.31 bits per heavy atom. The van der Waals surface area contributed by atoms with E-state index >= 15 is 0 Å². The molecule has 0 aromatic carbocycles. The molecule has 0 saturated heterocycles. The van der Waals surface area contributed by atoms with Crippen LogP contribution in [0.4, 0.5) is 15.9 Å². The number of halogens is 1. The Morgan fingerprint density at radius 2 is 2.08 bits per heavy atom. The van der Waals surface area contributed by atoms with Gasteiger partial charge in [0, 0.05) is 29.6 Å². The number of nitrogen functional groups attached to an aromatic ring is 1. The first-order chi connectivity index (χ1) is 17.4. The minimum atomic E-state index is -0.600. The fraction of sp³-hybridized carbons (Fsp3) is 0.120. The molecule has 5 N–H and O–H groups in total. The second-order valence-corrected chi connectivity index (χ2v) is 7.30. The molecule has 3 aromatic rings. The van der Waals surface area contributed by atoms with Crippen LogP contribution in [-0.2, 0) is 0 Å². The highest BCUT2D eigenvalue weighted by Crippen LogP contribution is 2.18. The van der Waals surface area contributed by atoms with E-state index in [9.17, 15) is 9.18 Å². The molecule has 0 bridgehead atoms. The maximum atomic E-state index is 13.9. The topological polar surface area (TPSA) is 158 Å². The van der Waals surface area contributed by atoms with Crippen molar-refractivity contribution in [3.63, 3.8) is 0 Å². The lowest BCUT2D eigenvalue weighted by Gasteiger charge is -2.09. The van der Waals surface area contributed by atoms with Crippen molar-refractivity contribution in [2.45, 2.75) is 13.3 Å². The molecule has 0 fully saturated rings. The molecule has 0 aliphatic rings. The summed E-state index contributed by atoms with van der Waals surface area (Å²) in [7, 11) is 0. The molecule has 36 heavy (non-hydrogen) atoms. The summed E-state index contributed by atoms with van der Waals surface area (Å²) in [5.74, 6) is -0.879. The molecule has 0 unspecified atom stereocenters. The third-order valence-electron chi connectivity index (χ3n) is 4.70. The number of hydrogen-bond acceptors (Lipinski definition) is 9. The Hall–Kier alpha value is -4.93. The number of aliphatic imine (C=N–C) groups is 1. The standard InChI is InChI=1S/C25H25FN8O2/c1-3-4-5-6-18(16(2)26)14-30-21(20-9-12-36-34-20)13-19(27)24-31-15-22(23(28)33-24)32-25(35)17-7-10-29-11-8-17/h4-13,15H,2-3,14,27H2,1H3,(H,32,35)(H2,28,31,33)/b5-4-,18-6-,19-13?,30-21?. The number of nitrogens with one attached hydrogen (secondary N) is 1. The number of rotatable bonds is 10. The molecule has 11 heteroatoms. The van der Waals surface area contributed by atoms with Crippen LogP contribution in [0.25, 0.3) is 5.70 Å². The van der Waals surface area contributed by atoms with E-state index in [4.69, 9.17) is 16.0 Å². The molecule has 0 atom stereocenters. The number of nitrogens with two attached hydrogens (primary N) is 2.